The second-order valence-electron chi connectivity index (χ2n) is 7.89. The molecule has 2 N–H and O–H groups in total. The van der Waals surface area contributed by atoms with E-state index in [1.807, 2.05) is 0 Å². The Kier molecular flexibility index (Phi) is 5.56. The number of hydrogen-bond donors (Lipinski definition) is 2. The molecule has 4 rings (SSSR count). The van der Waals surface area contributed by atoms with Crippen LogP contribution in [0.1, 0.15) is 31.2 Å². The number of methoxy groups -OCH3 is 1. The van der Waals surface area contributed by atoms with Crippen LogP contribution in [0.2, 0.25) is 0 Å². The van der Waals surface area contributed by atoms with Gasteiger partial charge in [-0.1, -0.05) is 0 Å². The zero-order chi connectivity index (χ0) is 21.4. The summed E-state index contributed by atoms with van der Waals surface area (Å²) in [4.78, 5) is 15.0. The normalized spacial score (nSPS) is 19.5. The summed E-state index contributed by atoms with van der Waals surface area (Å²) in [5, 5.41) is 3.38. The van der Waals surface area contributed by atoms with E-state index in [1.165, 1.54) is 25.3 Å². The predicted molar refractivity (Wildman–Crippen MR) is 109 cm³/mol. The molecule has 0 saturated heterocycles. The Morgan fingerprint density at radius 3 is 2.53 bits per heavy atom. The molecule has 1 atom stereocenters. The van der Waals surface area contributed by atoms with Crippen LogP contribution in [0.25, 0.3) is 22.2 Å². The minimum Gasteiger partial charge on any atom is -0.372 e. The molecule has 3 aromatic rings. The monoisotopic (exact) mass is 416 g/mol. The summed E-state index contributed by atoms with van der Waals surface area (Å²) in [6.07, 6.45) is 1.05. The minimum atomic E-state index is -0.656. The Balaban J connectivity index is 1.61. The molecule has 1 aliphatic rings. The largest absolute Gasteiger partial charge is 0.372 e. The first-order chi connectivity index (χ1) is 14.4. The van der Waals surface area contributed by atoms with Crippen LogP contribution in [0.3, 0.4) is 0 Å². The summed E-state index contributed by atoms with van der Waals surface area (Å²) in [5.74, 6) is -1.46. The number of aromatic amines is 1. The molecule has 4 nitrogen and oxygen atoms in total. The number of benzene rings is 2. The molecule has 1 amide bonds. The Morgan fingerprint density at radius 1 is 1.17 bits per heavy atom. The topological polar surface area (TPSA) is 54.1 Å². The molecule has 1 fully saturated rings. The van der Waals surface area contributed by atoms with E-state index in [0.717, 1.165) is 24.5 Å². The number of ether oxygens (including phenoxy) is 1. The van der Waals surface area contributed by atoms with E-state index in [1.54, 1.807) is 19.1 Å². The van der Waals surface area contributed by atoms with Gasteiger partial charge in [0.15, 0.2) is 0 Å². The summed E-state index contributed by atoms with van der Waals surface area (Å²) < 4.78 is 46.8. The van der Waals surface area contributed by atoms with Gasteiger partial charge in [0, 0.05) is 25.1 Å². The molecule has 1 aliphatic carbocycles. The van der Waals surface area contributed by atoms with Crippen molar-refractivity contribution in [1.82, 2.24) is 10.3 Å². The summed E-state index contributed by atoms with van der Waals surface area (Å²) >= 11 is 0. The highest BCUT2D eigenvalue weighted by Gasteiger charge is 2.35. The lowest BCUT2D eigenvalue weighted by Gasteiger charge is -2.36. The Labute approximate surface area is 172 Å². The van der Waals surface area contributed by atoms with Crippen molar-refractivity contribution in [3.05, 3.63) is 59.4 Å². The minimum absolute atomic E-state index is 0.0850. The highest BCUT2D eigenvalue weighted by Crippen LogP contribution is 2.48. The number of carbonyl (C=O) groups excluding carboxylic acids is 1. The van der Waals surface area contributed by atoms with Gasteiger partial charge in [0.05, 0.1) is 11.2 Å². The maximum Gasteiger partial charge on any atom is 0.248 e. The van der Waals surface area contributed by atoms with Crippen LogP contribution in [-0.2, 0) is 9.53 Å². The van der Waals surface area contributed by atoms with Crippen LogP contribution < -0.4 is 5.32 Å². The van der Waals surface area contributed by atoms with Crippen molar-refractivity contribution in [3.8, 4) is 11.3 Å². The number of hydrogen-bond acceptors (Lipinski definition) is 2. The number of nitrogens with one attached hydrogen (secondary N) is 2. The predicted octanol–water partition coefficient (Wildman–Crippen LogP) is 4.90. The average Bonchev–Trinajstić information content (AvgIpc) is 3.06. The third kappa shape index (κ3) is 3.81. The summed E-state index contributed by atoms with van der Waals surface area (Å²) in [7, 11) is 1.48. The van der Waals surface area contributed by atoms with E-state index in [-0.39, 0.29) is 29.1 Å². The van der Waals surface area contributed by atoms with Gasteiger partial charge in [0.1, 0.15) is 23.6 Å². The van der Waals surface area contributed by atoms with Crippen LogP contribution >= 0.6 is 0 Å². The number of H-pyrrole nitrogens is 1. The molecular formula is C23H23F3N2O2. The van der Waals surface area contributed by atoms with Crippen LogP contribution in [0.4, 0.5) is 13.2 Å². The van der Waals surface area contributed by atoms with Crippen LogP contribution in [0.5, 0.6) is 0 Å². The van der Waals surface area contributed by atoms with E-state index in [4.69, 9.17) is 4.74 Å². The van der Waals surface area contributed by atoms with Gasteiger partial charge >= 0.3 is 0 Å². The molecule has 7 heteroatoms. The van der Waals surface area contributed by atoms with E-state index in [0.29, 0.717) is 23.2 Å². The first-order valence-electron chi connectivity index (χ1n) is 9.94. The van der Waals surface area contributed by atoms with Gasteiger partial charge in [0.2, 0.25) is 5.91 Å². The van der Waals surface area contributed by atoms with Crippen molar-refractivity contribution in [2.75, 3.05) is 13.7 Å². The quantitative estimate of drug-likeness (QED) is 0.601. The van der Waals surface area contributed by atoms with Gasteiger partial charge in [-0.3, -0.25) is 4.79 Å². The number of carbonyl (C=O) groups is 1. The first-order valence-corrected chi connectivity index (χ1v) is 9.94. The van der Waals surface area contributed by atoms with Crippen LogP contribution in [0, 0.1) is 23.4 Å². The lowest BCUT2D eigenvalue weighted by molar-refractivity contribution is -0.130. The fraction of sp³-hybridized carbons (Fsp3) is 0.348. The van der Waals surface area contributed by atoms with Gasteiger partial charge in [-0.05, 0) is 73.1 Å². The third-order valence-electron chi connectivity index (χ3n) is 5.93. The molecule has 158 valence electrons. The molecule has 2 aromatic carbocycles. The molecule has 1 heterocycles. The second-order valence-corrected chi connectivity index (χ2v) is 7.89. The molecule has 0 radical (unpaired) electrons. The molecular weight excluding hydrogens is 393 g/mol. The SMILES string of the molecule is CO[C@H](C)C(=O)NCC1CC(c2c(-c3ccc(F)cc3)[nH]c3c(F)cc(F)cc23)C1. The lowest BCUT2D eigenvalue weighted by atomic mass is 9.70. The van der Waals surface area contributed by atoms with E-state index in [9.17, 15) is 18.0 Å². The van der Waals surface area contributed by atoms with E-state index >= 15 is 0 Å². The highest BCUT2D eigenvalue weighted by molar-refractivity contribution is 5.92. The third-order valence-corrected chi connectivity index (χ3v) is 5.93. The number of amides is 1. The number of aromatic nitrogens is 1. The van der Waals surface area contributed by atoms with Gasteiger partial charge in [0.25, 0.3) is 0 Å². The summed E-state index contributed by atoms with van der Waals surface area (Å²) in [6, 6.07) is 8.13. The fourth-order valence-electron chi connectivity index (χ4n) is 4.14. The fourth-order valence-corrected chi connectivity index (χ4v) is 4.14. The molecule has 1 saturated carbocycles. The van der Waals surface area contributed by atoms with Crippen molar-refractivity contribution in [2.24, 2.45) is 5.92 Å². The standard InChI is InChI=1S/C23H23F3N2O2/c1-12(30-2)23(29)27-11-13-7-15(8-13)20-18-9-17(25)10-19(26)22(18)28-21(20)14-3-5-16(24)6-4-14/h3-6,9-10,12-13,15,28H,7-8,11H2,1-2H3,(H,27,29)/t12-,13?,15?/m1/s1. The van der Waals surface area contributed by atoms with Crippen molar-refractivity contribution < 1.29 is 22.7 Å². The van der Waals surface area contributed by atoms with E-state index < -0.39 is 17.7 Å². The molecule has 0 aliphatic heterocycles. The summed E-state index contributed by atoms with van der Waals surface area (Å²) in [6.45, 7) is 2.21. The van der Waals surface area contributed by atoms with Crippen molar-refractivity contribution in [3.63, 3.8) is 0 Å². The smallest absolute Gasteiger partial charge is 0.248 e. The van der Waals surface area contributed by atoms with Crippen LogP contribution in [0.15, 0.2) is 36.4 Å². The lowest BCUT2D eigenvalue weighted by Crippen LogP contribution is -2.40. The molecule has 0 spiro atoms. The zero-order valence-corrected chi connectivity index (χ0v) is 16.8. The van der Waals surface area contributed by atoms with Gasteiger partial charge in [-0.25, -0.2) is 13.2 Å². The van der Waals surface area contributed by atoms with Crippen molar-refractivity contribution in [2.45, 2.75) is 31.8 Å². The van der Waals surface area contributed by atoms with Gasteiger partial charge in [-0.2, -0.15) is 0 Å². The molecule has 30 heavy (non-hydrogen) atoms. The van der Waals surface area contributed by atoms with Gasteiger partial charge in [-0.15, -0.1) is 0 Å². The summed E-state index contributed by atoms with van der Waals surface area (Å²) in [5.41, 5.74) is 2.47. The highest BCUT2D eigenvalue weighted by atomic mass is 19.1. The van der Waals surface area contributed by atoms with Crippen LogP contribution in [-0.4, -0.2) is 30.6 Å². The number of rotatable bonds is 6. The average molecular weight is 416 g/mol. The van der Waals surface area contributed by atoms with Gasteiger partial charge < -0.3 is 15.0 Å². The Morgan fingerprint density at radius 2 is 1.87 bits per heavy atom. The zero-order valence-electron chi connectivity index (χ0n) is 16.8. The second kappa shape index (κ2) is 8.14. The maximum absolute atomic E-state index is 14.4. The maximum atomic E-state index is 14.4. The van der Waals surface area contributed by atoms with Crippen molar-refractivity contribution >= 4 is 16.8 Å². The molecule has 0 unspecified atom stereocenters. The number of fused-ring (bicyclic) bond motifs is 1. The molecule has 0 bridgehead atoms. The Bertz CT molecular complexity index is 1070. The van der Waals surface area contributed by atoms with E-state index in [2.05, 4.69) is 10.3 Å². The first kappa shape index (κ1) is 20.5. The molecule has 1 aromatic heterocycles. The van der Waals surface area contributed by atoms with Crippen molar-refractivity contribution in [1.29, 1.82) is 0 Å². The number of halogens is 3. The Hall–Kier alpha value is -2.80.